The topological polar surface area (TPSA) is 72.8 Å². The summed E-state index contributed by atoms with van der Waals surface area (Å²) in [4.78, 5) is 24.5. The van der Waals surface area contributed by atoms with Gasteiger partial charge in [0.25, 0.3) is 0 Å². The summed E-state index contributed by atoms with van der Waals surface area (Å²) in [5, 5.41) is 10.0. The second kappa shape index (κ2) is 8.71. The Morgan fingerprint density at radius 2 is 2.08 bits per heavy atom. The number of rotatable bonds is 4. The molecule has 0 saturated heterocycles. The van der Waals surface area contributed by atoms with Crippen molar-refractivity contribution in [3.63, 3.8) is 0 Å². The summed E-state index contributed by atoms with van der Waals surface area (Å²) in [7, 11) is 0. The quantitative estimate of drug-likeness (QED) is 0.848. The molecule has 0 fully saturated rings. The molecule has 0 bridgehead atoms. The van der Waals surface area contributed by atoms with Gasteiger partial charge in [0.05, 0.1) is 24.7 Å². The third kappa shape index (κ3) is 4.73. The van der Waals surface area contributed by atoms with Crippen LogP contribution in [0.25, 0.3) is 0 Å². The Labute approximate surface area is 143 Å². The van der Waals surface area contributed by atoms with Crippen LogP contribution in [0.1, 0.15) is 68.3 Å². The van der Waals surface area contributed by atoms with Crippen molar-refractivity contribution in [2.45, 2.75) is 64.9 Å². The molecule has 0 aliphatic carbocycles. The molecule has 132 valence electrons. The van der Waals surface area contributed by atoms with Gasteiger partial charge in [-0.3, -0.25) is 9.59 Å². The lowest BCUT2D eigenvalue weighted by molar-refractivity contribution is -0.142. The first kappa shape index (κ1) is 18.3. The van der Waals surface area contributed by atoms with E-state index in [-0.39, 0.29) is 30.7 Å². The summed E-state index contributed by atoms with van der Waals surface area (Å²) in [6.07, 6.45) is 4.98. The van der Waals surface area contributed by atoms with E-state index in [1.807, 2.05) is 6.92 Å². The van der Waals surface area contributed by atoms with Crippen molar-refractivity contribution in [1.29, 1.82) is 0 Å². The molecule has 1 heterocycles. The average molecular weight is 334 g/mol. The number of hydrogen-bond acceptors (Lipinski definition) is 5. The molecule has 24 heavy (non-hydrogen) atoms. The van der Waals surface area contributed by atoms with Gasteiger partial charge >= 0.3 is 5.97 Å². The van der Waals surface area contributed by atoms with Crippen molar-refractivity contribution in [2.24, 2.45) is 0 Å². The van der Waals surface area contributed by atoms with E-state index in [0.717, 1.165) is 32.1 Å². The van der Waals surface area contributed by atoms with Crippen molar-refractivity contribution < 1.29 is 24.2 Å². The Hall–Kier alpha value is -2.04. The van der Waals surface area contributed by atoms with E-state index < -0.39 is 5.97 Å². The summed E-state index contributed by atoms with van der Waals surface area (Å²) in [5.41, 5.74) is 0.894. The number of Topliss-reactive ketones (excluding diaryl/α,β-unsaturated/α-hetero) is 1. The number of ether oxygens (including phenoxy) is 2. The second-order valence-electron chi connectivity index (χ2n) is 6.13. The van der Waals surface area contributed by atoms with Gasteiger partial charge in [-0.1, -0.05) is 13.3 Å². The van der Waals surface area contributed by atoms with E-state index >= 15 is 0 Å². The summed E-state index contributed by atoms with van der Waals surface area (Å²) >= 11 is 0. The first-order chi connectivity index (χ1) is 11.5. The molecular weight excluding hydrogens is 308 g/mol. The smallest absolute Gasteiger partial charge is 0.310 e. The molecule has 1 aliphatic heterocycles. The predicted octanol–water partition coefficient (Wildman–Crippen LogP) is 3.80. The van der Waals surface area contributed by atoms with E-state index in [1.54, 1.807) is 6.92 Å². The number of carbonyl (C=O) groups excluding carboxylic acids is 2. The number of fused-ring (bicyclic) bond motifs is 1. The number of carbonyl (C=O) groups is 2. The zero-order chi connectivity index (χ0) is 17.5. The minimum absolute atomic E-state index is 0.00638. The molecule has 0 aromatic heterocycles. The summed E-state index contributed by atoms with van der Waals surface area (Å²) in [6, 6.07) is 2.94. The maximum Gasteiger partial charge on any atom is 0.310 e. The lowest BCUT2D eigenvalue weighted by atomic mass is 9.94. The summed E-state index contributed by atoms with van der Waals surface area (Å²) < 4.78 is 11.0. The lowest BCUT2D eigenvalue weighted by Crippen LogP contribution is -2.20. The van der Waals surface area contributed by atoms with Crippen molar-refractivity contribution in [2.75, 3.05) is 6.61 Å². The molecule has 5 heteroatoms. The van der Waals surface area contributed by atoms with Crippen LogP contribution in [0.3, 0.4) is 0 Å². The second-order valence-corrected chi connectivity index (χ2v) is 6.13. The molecule has 0 unspecified atom stereocenters. The number of phenols is 1. The van der Waals surface area contributed by atoms with Gasteiger partial charge in [0.1, 0.15) is 11.5 Å². The largest absolute Gasteiger partial charge is 0.508 e. The maximum atomic E-state index is 12.7. The molecule has 1 aromatic carbocycles. The van der Waals surface area contributed by atoms with Crippen LogP contribution < -0.4 is 4.74 Å². The number of benzene rings is 1. The fourth-order valence-electron chi connectivity index (χ4n) is 3.06. The van der Waals surface area contributed by atoms with Gasteiger partial charge in [0.2, 0.25) is 0 Å². The van der Waals surface area contributed by atoms with E-state index in [4.69, 9.17) is 9.47 Å². The van der Waals surface area contributed by atoms with Crippen molar-refractivity contribution >= 4 is 11.8 Å². The van der Waals surface area contributed by atoms with Crippen LogP contribution in [-0.4, -0.2) is 29.6 Å². The minimum atomic E-state index is -0.415. The Kier molecular flexibility index (Phi) is 6.64. The van der Waals surface area contributed by atoms with Crippen LogP contribution in [-0.2, 0) is 16.0 Å². The molecule has 1 aliphatic rings. The van der Waals surface area contributed by atoms with Gasteiger partial charge in [-0.2, -0.15) is 0 Å². The number of ketones is 1. The number of phenolic OH excluding ortho intramolecular Hbond substituents is 1. The predicted molar refractivity (Wildman–Crippen MR) is 90.6 cm³/mol. The van der Waals surface area contributed by atoms with Gasteiger partial charge in [-0.25, -0.2) is 0 Å². The number of aromatic hydroxyl groups is 1. The molecule has 0 spiro atoms. The Bertz CT molecular complexity index is 594. The SMILES string of the molecule is CCOC(=O)Cc1cc(O)cc2c1C(=O)CCCCC[C@H](CC)O2. The number of esters is 1. The van der Waals surface area contributed by atoms with Crippen molar-refractivity contribution in [3.8, 4) is 11.5 Å². The molecule has 1 N–H and O–H groups in total. The van der Waals surface area contributed by atoms with Crippen LogP contribution in [0.15, 0.2) is 12.1 Å². The van der Waals surface area contributed by atoms with Gasteiger partial charge in [0.15, 0.2) is 5.78 Å². The molecule has 1 aromatic rings. The van der Waals surface area contributed by atoms with E-state index in [2.05, 4.69) is 0 Å². The lowest BCUT2D eigenvalue weighted by Gasteiger charge is -2.22. The van der Waals surface area contributed by atoms with Gasteiger partial charge in [-0.15, -0.1) is 0 Å². The highest BCUT2D eigenvalue weighted by molar-refractivity contribution is 6.01. The van der Waals surface area contributed by atoms with Gasteiger partial charge < -0.3 is 14.6 Å². The first-order valence-electron chi connectivity index (χ1n) is 8.76. The summed E-state index contributed by atoms with van der Waals surface area (Å²) in [6.45, 7) is 4.06. The van der Waals surface area contributed by atoms with Crippen molar-refractivity contribution in [3.05, 3.63) is 23.3 Å². The monoisotopic (exact) mass is 334 g/mol. The van der Waals surface area contributed by atoms with Crippen LogP contribution >= 0.6 is 0 Å². The molecule has 0 saturated carbocycles. The highest BCUT2D eigenvalue weighted by Crippen LogP contribution is 2.33. The van der Waals surface area contributed by atoms with Crippen molar-refractivity contribution in [1.82, 2.24) is 0 Å². The molecule has 0 radical (unpaired) electrons. The minimum Gasteiger partial charge on any atom is -0.508 e. The van der Waals surface area contributed by atoms with Crippen LogP contribution in [0.4, 0.5) is 0 Å². The van der Waals surface area contributed by atoms with Crippen LogP contribution in [0, 0.1) is 0 Å². The zero-order valence-electron chi connectivity index (χ0n) is 14.5. The fourth-order valence-corrected chi connectivity index (χ4v) is 3.06. The Balaban J connectivity index is 2.43. The fraction of sp³-hybridized carbons (Fsp3) is 0.579. The third-order valence-electron chi connectivity index (χ3n) is 4.27. The highest BCUT2D eigenvalue weighted by atomic mass is 16.5. The van der Waals surface area contributed by atoms with E-state index in [9.17, 15) is 14.7 Å². The highest BCUT2D eigenvalue weighted by Gasteiger charge is 2.23. The Morgan fingerprint density at radius 3 is 2.79 bits per heavy atom. The van der Waals surface area contributed by atoms with Crippen LogP contribution in [0.2, 0.25) is 0 Å². The third-order valence-corrected chi connectivity index (χ3v) is 4.27. The summed E-state index contributed by atoms with van der Waals surface area (Å²) in [5.74, 6) is -0.0795. The molecule has 5 nitrogen and oxygen atoms in total. The normalized spacial score (nSPS) is 18.4. The average Bonchev–Trinajstić information content (AvgIpc) is 2.52. The van der Waals surface area contributed by atoms with Gasteiger partial charge in [0, 0.05) is 12.5 Å². The standard InChI is InChI=1S/C19H26O5/c1-3-15-8-6-5-7-9-16(21)19-13(11-18(22)23-4-2)10-14(20)12-17(19)24-15/h10,12,15,20H,3-9,11H2,1-2H3/t15-/m0/s1. The molecule has 1 atom stereocenters. The van der Waals surface area contributed by atoms with Crippen LogP contribution in [0.5, 0.6) is 11.5 Å². The number of hydrogen-bond donors (Lipinski definition) is 1. The van der Waals surface area contributed by atoms with E-state index in [0.29, 0.717) is 23.3 Å². The molecule has 2 rings (SSSR count). The molecular formula is C19H26O5. The van der Waals surface area contributed by atoms with Gasteiger partial charge in [-0.05, 0) is 44.2 Å². The first-order valence-corrected chi connectivity index (χ1v) is 8.76. The van der Waals surface area contributed by atoms with E-state index in [1.165, 1.54) is 12.1 Å². The Morgan fingerprint density at radius 1 is 1.29 bits per heavy atom. The zero-order valence-corrected chi connectivity index (χ0v) is 14.5. The maximum absolute atomic E-state index is 12.7. The molecule has 0 amide bonds.